The average molecular weight is 493 g/mol. The first kappa shape index (κ1) is 26.3. The smallest absolute Gasteiger partial charge is 0.261 e. The maximum absolute atomic E-state index is 13.6. The van der Waals surface area contributed by atoms with Gasteiger partial charge in [0.1, 0.15) is 11.8 Å². The Morgan fingerprint density at radius 3 is 2.40 bits per heavy atom. The second kappa shape index (κ2) is 13.5. The molecule has 6 heteroatoms. The number of hydrogen-bond donors (Lipinski definition) is 1. The second-order valence-corrected chi connectivity index (χ2v) is 8.99. The van der Waals surface area contributed by atoms with Crippen LogP contribution in [0.2, 0.25) is 5.02 Å². The fraction of sp³-hybridized carbons (Fsp3) is 0.310. The van der Waals surface area contributed by atoms with Gasteiger partial charge in [0.25, 0.3) is 5.91 Å². The van der Waals surface area contributed by atoms with Gasteiger partial charge in [-0.2, -0.15) is 0 Å². The third-order valence-corrected chi connectivity index (χ3v) is 6.02. The number of halogens is 1. The molecule has 0 fully saturated rings. The Hall–Kier alpha value is -3.31. The van der Waals surface area contributed by atoms with Crippen LogP contribution in [0.5, 0.6) is 5.75 Å². The number of hydrogen-bond acceptors (Lipinski definition) is 3. The molecule has 3 aromatic carbocycles. The predicted molar refractivity (Wildman–Crippen MR) is 141 cm³/mol. The zero-order valence-corrected chi connectivity index (χ0v) is 21.1. The molecule has 0 aliphatic carbocycles. The van der Waals surface area contributed by atoms with E-state index in [1.807, 2.05) is 79.7 Å². The van der Waals surface area contributed by atoms with Gasteiger partial charge in [-0.3, -0.25) is 9.59 Å². The van der Waals surface area contributed by atoms with Gasteiger partial charge in [-0.15, -0.1) is 0 Å². The molecule has 184 valence electrons. The predicted octanol–water partition coefficient (Wildman–Crippen LogP) is 5.58. The van der Waals surface area contributed by atoms with E-state index in [2.05, 4.69) is 12.2 Å². The molecule has 2 amide bonds. The molecule has 0 heterocycles. The number of carbonyl (C=O) groups excluding carboxylic acids is 2. The number of ether oxygens (including phenoxy) is 1. The molecule has 1 N–H and O–H groups in total. The Morgan fingerprint density at radius 2 is 1.69 bits per heavy atom. The SMILES string of the molecule is CCCCNC(=O)[C@@H](Cc1ccccc1)N(Cc1cccc(Cl)c1)C(=O)COc1ccccc1C. The number of aryl methyl sites for hydroxylation is 1. The van der Waals surface area contributed by atoms with Gasteiger partial charge in [0.2, 0.25) is 5.91 Å². The van der Waals surface area contributed by atoms with Crippen molar-refractivity contribution in [1.29, 1.82) is 0 Å². The summed E-state index contributed by atoms with van der Waals surface area (Å²) in [6, 6.07) is 24.0. The molecule has 0 aliphatic rings. The van der Waals surface area contributed by atoms with Crippen LogP contribution < -0.4 is 10.1 Å². The number of benzene rings is 3. The molecule has 0 spiro atoms. The molecular formula is C29H33ClN2O3. The maximum Gasteiger partial charge on any atom is 0.261 e. The molecule has 0 unspecified atom stereocenters. The summed E-state index contributed by atoms with van der Waals surface area (Å²) < 4.78 is 5.87. The number of para-hydroxylation sites is 1. The highest BCUT2D eigenvalue weighted by molar-refractivity contribution is 6.30. The lowest BCUT2D eigenvalue weighted by molar-refractivity contribution is -0.142. The van der Waals surface area contributed by atoms with Gasteiger partial charge >= 0.3 is 0 Å². The van der Waals surface area contributed by atoms with Crippen LogP contribution in [-0.2, 0) is 22.6 Å². The van der Waals surface area contributed by atoms with Gasteiger partial charge in [0.05, 0.1) is 0 Å². The number of nitrogens with zero attached hydrogens (tertiary/aromatic N) is 1. The van der Waals surface area contributed by atoms with E-state index in [1.54, 1.807) is 11.0 Å². The van der Waals surface area contributed by atoms with E-state index < -0.39 is 6.04 Å². The highest BCUT2D eigenvalue weighted by atomic mass is 35.5. The summed E-state index contributed by atoms with van der Waals surface area (Å²) in [5.74, 6) is 0.212. The lowest BCUT2D eigenvalue weighted by Crippen LogP contribution is -2.51. The summed E-state index contributed by atoms with van der Waals surface area (Å²) in [4.78, 5) is 28.6. The summed E-state index contributed by atoms with van der Waals surface area (Å²) in [6.07, 6.45) is 2.25. The lowest BCUT2D eigenvalue weighted by atomic mass is 10.0. The van der Waals surface area contributed by atoms with Crippen molar-refractivity contribution in [3.05, 3.63) is 101 Å². The van der Waals surface area contributed by atoms with Crippen molar-refractivity contribution in [2.24, 2.45) is 0 Å². The van der Waals surface area contributed by atoms with Gasteiger partial charge in [0.15, 0.2) is 6.61 Å². The largest absolute Gasteiger partial charge is 0.484 e. The van der Waals surface area contributed by atoms with Gasteiger partial charge in [-0.1, -0.05) is 85.6 Å². The van der Waals surface area contributed by atoms with Crippen molar-refractivity contribution >= 4 is 23.4 Å². The van der Waals surface area contributed by atoms with Crippen molar-refractivity contribution in [2.75, 3.05) is 13.2 Å². The van der Waals surface area contributed by atoms with Crippen LogP contribution in [0.4, 0.5) is 0 Å². The Bertz CT molecular complexity index is 1100. The molecule has 1 atom stereocenters. The van der Waals surface area contributed by atoms with Crippen molar-refractivity contribution in [3.63, 3.8) is 0 Å². The highest BCUT2D eigenvalue weighted by Gasteiger charge is 2.30. The average Bonchev–Trinajstić information content (AvgIpc) is 2.86. The lowest BCUT2D eigenvalue weighted by Gasteiger charge is -2.31. The third kappa shape index (κ3) is 8.15. The first-order chi connectivity index (χ1) is 17.0. The number of rotatable bonds is 12. The van der Waals surface area contributed by atoms with Crippen molar-refractivity contribution in [3.8, 4) is 5.75 Å². The van der Waals surface area contributed by atoms with Crippen LogP contribution in [0.3, 0.4) is 0 Å². The summed E-state index contributed by atoms with van der Waals surface area (Å²) in [5.41, 5.74) is 2.77. The van der Waals surface area contributed by atoms with Gasteiger partial charge < -0.3 is 15.0 Å². The molecular weight excluding hydrogens is 460 g/mol. The van der Waals surface area contributed by atoms with Crippen LogP contribution in [0.15, 0.2) is 78.9 Å². The maximum atomic E-state index is 13.6. The van der Waals surface area contributed by atoms with Crippen molar-refractivity contribution in [1.82, 2.24) is 10.2 Å². The normalized spacial score (nSPS) is 11.5. The van der Waals surface area contributed by atoms with Crippen LogP contribution >= 0.6 is 11.6 Å². The van der Waals surface area contributed by atoms with E-state index in [4.69, 9.17) is 16.3 Å². The number of carbonyl (C=O) groups is 2. The zero-order valence-electron chi connectivity index (χ0n) is 20.4. The summed E-state index contributed by atoms with van der Waals surface area (Å²) in [7, 11) is 0. The van der Waals surface area contributed by atoms with E-state index in [9.17, 15) is 9.59 Å². The summed E-state index contributed by atoms with van der Waals surface area (Å²) in [6.45, 7) is 4.65. The highest BCUT2D eigenvalue weighted by Crippen LogP contribution is 2.20. The van der Waals surface area contributed by atoms with E-state index in [0.717, 1.165) is 29.5 Å². The van der Waals surface area contributed by atoms with Crippen molar-refractivity contribution < 1.29 is 14.3 Å². The summed E-state index contributed by atoms with van der Waals surface area (Å²) in [5, 5.41) is 3.60. The van der Waals surface area contributed by atoms with E-state index >= 15 is 0 Å². The topological polar surface area (TPSA) is 58.6 Å². The standard InChI is InChI=1S/C29H33ClN2O3/c1-3-4-17-31-29(34)26(19-23-12-6-5-7-13-23)32(20-24-14-10-15-25(30)18-24)28(33)21-35-27-16-9-8-11-22(27)2/h5-16,18,26H,3-4,17,19-21H2,1-2H3,(H,31,34)/t26-/m1/s1. The van der Waals surface area contributed by atoms with Crippen LogP contribution in [0.1, 0.15) is 36.5 Å². The Balaban J connectivity index is 1.89. The minimum atomic E-state index is -0.693. The minimum Gasteiger partial charge on any atom is -0.484 e. The van der Waals surface area contributed by atoms with E-state index in [1.165, 1.54) is 0 Å². The number of unbranched alkanes of at least 4 members (excludes halogenated alkanes) is 1. The number of nitrogens with one attached hydrogen (secondary N) is 1. The molecule has 0 saturated heterocycles. The Labute approximate surface area is 213 Å². The van der Waals surface area contributed by atoms with Crippen LogP contribution in [0, 0.1) is 6.92 Å². The fourth-order valence-electron chi connectivity index (χ4n) is 3.83. The molecule has 0 radical (unpaired) electrons. The molecule has 0 bridgehead atoms. The minimum absolute atomic E-state index is 0.168. The van der Waals surface area contributed by atoms with Crippen LogP contribution in [-0.4, -0.2) is 35.9 Å². The Kier molecular flexibility index (Phi) is 10.2. The molecule has 35 heavy (non-hydrogen) atoms. The Morgan fingerprint density at radius 1 is 0.971 bits per heavy atom. The monoisotopic (exact) mass is 492 g/mol. The molecule has 5 nitrogen and oxygen atoms in total. The van der Waals surface area contributed by atoms with E-state index in [0.29, 0.717) is 23.7 Å². The third-order valence-electron chi connectivity index (χ3n) is 5.79. The number of amides is 2. The van der Waals surface area contributed by atoms with Crippen LogP contribution in [0.25, 0.3) is 0 Å². The van der Waals surface area contributed by atoms with Crippen molar-refractivity contribution in [2.45, 2.75) is 45.7 Å². The quantitative estimate of drug-likeness (QED) is 0.335. The molecule has 0 aliphatic heterocycles. The zero-order chi connectivity index (χ0) is 25.0. The molecule has 3 aromatic rings. The molecule has 0 saturated carbocycles. The van der Waals surface area contributed by atoms with Gasteiger partial charge in [-0.25, -0.2) is 0 Å². The van der Waals surface area contributed by atoms with Gasteiger partial charge in [-0.05, 0) is 48.2 Å². The molecule has 0 aromatic heterocycles. The first-order valence-electron chi connectivity index (χ1n) is 12.0. The second-order valence-electron chi connectivity index (χ2n) is 8.56. The molecule has 3 rings (SSSR count). The first-order valence-corrected chi connectivity index (χ1v) is 12.4. The summed E-state index contributed by atoms with van der Waals surface area (Å²) >= 11 is 6.22. The van der Waals surface area contributed by atoms with Gasteiger partial charge in [0, 0.05) is 24.5 Å². The fourth-order valence-corrected chi connectivity index (χ4v) is 4.05. The van der Waals surface area contributed by atoms with E-state index in [-0.39, 0.29) is 25.0 Å².